The summed E-state index contributed by atoms with van der Waals surface area (Å²) in [6, 6.07) is 15.9. The Morgan fingerprint density at radius 2 is 1.70 bits per heavy atom. The van der Waals surface area contributed by atoms with E-state index in [0.717, 1.165) is 17.7 Å². The topological polar surface area (TPSA) is 49.4 Å². The molecule has 0 aromatic heterocycles. The van der Waals surface area contributed by atoms with Crippen molar-refractivity contribution in [2.24, 2.45) is 0 Å². The van der Waals surface area contributed by atoms with E-state index in [-0.39, 0.29) is 17.9 Å². The highest BCUT2D eigenvalue weighted by Gasteiger charge is 2.26. The van der Waals surface area contributed by atoms with Gasteiger partial charge in [-0.1, -0.05) is 61.0 Å². The summed E-state index contributed by atoms with van der Waals surface area (Å²) in [4.78, 5) is 27.5. The molecule has 0 bridgehead atoms. The molecule has 0 saturated carbocycles. The van der Waals surface area contributed by atoms with Gasteiger partial charge in [0.25, 0.3) is 0 Å². The van der Waals surface area contributed by atoms with Crippen LogP contribution in [0.4, 0.5) is 0 Å². The third-order valence-electron chi connectivity index (χ3n) is 5.39. The van der Waals surface area contributed by atoms with Crippen molar-refractivity contribution in [3.63, 3.8) is 0 Å². The summed E-state index contributed by atoms with van der Waals surface area (Å²) in [6.45, 7) is 10.4. The second-order valence-electron chi connectivity index (χ2n) is 7.92. The fraction of sp³-hybridized carbons (Fsp3) is 0.440. The molecule has 2 amide bonds. The van der Waals surface area contributed by atoms with E-state index < -0.39 is 6.04 Å². The molecule has 0 aliphatic heterocycles. The summed E-state index contributed by atoms with van der Waals surface area (Å²) in [5.74, 6) is 1.01. The van der Waals surface area contributed by atoms with E-state index in [0.29, 0.717) is 12.3 Å². The molecule has 0 aliphatic rings. The first-order valence-corrected chi connectivity index (χ1v) is 11.7. The van der Waals surface area contributed by atoms with Crippen molar-refractivity contribution < 1.29 is 9.59 Å². The molecule has 0 saturated heterocycles. The molecule has 0 radical (unpaired) electrons. The molecular formula is C25H34N2O2S. The highest BCUT2D eigenvalue weighted by Crippen LogP contribution is 2.18. The van der Waals surface area contributed by atoms with Crippen LogP contribution in [0.5, 0.6) is 0 Å². The van der Waals surface area contributed by atoms with Crippen LogP contribution >= 0.6 is 11.8 Å². The second-order valence-corrected chi connectivity index (χ2v) is 8.91. The molecule has 0 spiro atoms. The van der Waals surface area contributed by atoms with Gasteiger partial charge in [-0.25, -0.2) is 0 Å². The van der Waals surface area contributed by atoms with E-state index in [1.165, 1.54) is 16.7 Å². The Kier molecular flexibility index (Phi) is 9.44. The minimum Gasteiger partial charge on any atom is -0.352 e. The van der Waals surface area contributed by atoms with Gasteiger partial charge >= 0.3 is 0 Å². The molecule has 0 heterocycles. The summed E-state index contributed by atoms with van der Waals surface area (Å²) in [5.41, 5.74) is 4.67. The molecule has 0 unspecified atom stereocenters. The van der Waals surface area contributed by atoms with E-state index in [9.17, 15) is 9.59 Å². The van der Waals surface area contributed by atoms with Crippen LogP contribution in [0.25, 0.3) is 0 Å². The third-order valence-corrected chi connectivity index (χ3v) is 6.35. The van der Waals surface area contributed by atoms with Gasteiger partial charge in [0.2, 0.25) is 11.8 Å². The fourth-order valence-corrected chi connectivity index (χ4v) is 4.03. The number of thioether (sulfide) groups is 1. The Balaban J connectivity index is 2.08. The Morgan fingerprint density at radius 3 is 2.33 bits per heavy atom. The lowest BCUT2D eigenvalue weighted by Gasteiger charge is -2.29. The number of nitrogens with one attached hydrogen (secondary N) is 1. The van der Waals surface area contributed by atoms with Gasteiger partial charge < -0.3 is 10.2 Å². The highest BCUT2D eigenvalue weighted by atomic mass is 32.2. The lowest BCUT2D eigenvalue weighted by Crippen LogP contribution is -2.50. The van der Waals surface area contributed by atoms with Gasteiger partial charge in [0.15, 0.2) is 0 Å². The number of carbonyl (C=O) groups is 2. The van der Waals surface area contributed by atoms with Crippen molar-refractivity contribution in [1.29, 1.82) is 0 Å². The van der Waals surface area contributed by atoms with Crippen LogP contribution in [0, 0.1) is 13.8 Å². The first kappa shape index (κ1) is 24.0. The summed E-state index contributed by atoms with van der Waals surface area (Å²) in [5, 5.41) is 3.01. The monoisotopic (exact) mass is 426 g/mol. The fourth-order valence-electron chi connectivity index (χ4n) is 3.04. The predicted octanol–water partition coefficient (Wildman–Crippen LogP) is 4.87. The van der Waals surface area contributed by atoms with Crippen LogP contribution in [-0.4, -0.2) is 34.6 Å². The summed E-state index contributed by atoms with van der Waals surface area (Å²) < 4.78 is 0. The van der Waals surface area contributed by atoms with Gasteiger partial charge in [0.1, 0.15) is 6.04 Å². The summed E-state index contributed by atoms with van der Waals surface area (Å²) in [7, 11) is 0. The average Bonchev–Trinajstić information content (AvgIpc) is 2.73. The molecule has 2 rings (SSSR count). The Morgan fingerprint density at radius 1 is 1.03 bits per heavy atom. The van der Waals surface area contributed by atoms with Crippen molar-refractivity contribution in [2.45, 2.75) is 65.4 Å². The maximum Gasteiger partial charge on any atom is 0.242 e. The van der Waals surface area contributed by atoms with Crippen LogP contribution in [0.1, 0.15) is 49.4 Å². The number of hydrogen-bond acceptors (Lipinski definition) is 3. The van der Waals surface area contributed by atoms with Crippen molar-refractivity contribution in [3.8, 4) is 0 Å². The van der Waals surface area contributed by atoms with Crippen molar-refractivity contribution >= 4 is 23.6 Å². The SMILES string of the molecule is CC[C@@H](C)NC(=O)[C@H](C)N(Cc1ccc(C)cc1)C(=O)CSCc1ccccc1C. The van der Waals surface area contributed by atoms with E-state index >= 15 is 0 Å². The predicted molar refractivity (Wildman–Crippen MR) is 126 cm³/mol. The molecular weight excluding hydrogens is 392 g/mol. The zero-order chi connectivity index (χ0) is 22.1. The van der Waals surface area contributed by atoms with Crippen molar-refractivity contribution in [3.05, 3.63) is 70.8 Å². The number of amides is 2. The molecule has 30 heavy (non-hydrogen) atoms. The number of aryl methyl sites for hydroxylation is 2. The number of benzene rings is 2. The average molecular weight is 427 g/mol. The molecule has 1 N–H and O–H groups in total. The van der Waals surface area contributed by atoms with Gasteiger partial charge in [-0.3, -0.25) is 9.59 Å². The molecule has 0 fully saturated rings. The van der Waals surface area contributed by atoms with E-state index in [4.69, 9.17) is 0 Å². The van der Waals surface area contributed by atoms with Gasteiger partial charge in [0.05, 0.1) is 5.75 Å². The molecule has 162 valence electrons. The standard InChI is InChI=1S/C25H34N2O2S/c1-6-20(4)26-25(29)21(5)27(15-22-13-11-18(2)12-14-22)24(28)17-30-16-23-10-8-7-9-19(23)3/h7-14,20-21H,6,15-17H2,1-5H3,(H,26,29)/t20-,21+/m1/s1. The maximum atomic E-state index is 13.1. The Labute approximate surface area is 185 Å². The largest absolute Gasteiger partial charge is 0.352 e. The molecule has 2 aromatic rings. The molecule has 5 heteroatoms. The quantitative estimate of drug-likeness (QED) is 0.590. The second kappa shape index (κ2) is 11.8. The van der Waals surface area contributed by atoms with Gasteiger partial charge in [-0.05, 0) is 50.8 Å². The maximum absolute atomic E-state index is 13.1. The minimum atomic E-state index is -0.521. The molecule has 2 atom stereocenters. The minimum absolute atomic E-state index is 0.0130. The van der Waals surface area contributed by atoms with Crippen LogP contribution in [-0.2, 0) is 21.9 Å². The first-order chi connectivity index (χ1) is 14.3. The first-order valence-electron chi connectivity index (χ1n) is 10.6. The highest BCUT2D eigenvalue weighted by molar-refractivity contribution is 7.99. The van der Waals surface area contributed by atoms with Crippen LogP contribution in [0.3, 0.4) is 0 Å². The lowest BCUT2D eigenvalue weighted by atomic mass is 10.1. The number of carbonyl (C=O) groups excluding carboxylic acids is 2. The zero-order valence-electron chi connectivity index (χ0n) is 18.8. The smallest absolute Gasteiger partial charge is 0.242 e. The number of nitrogens with zero attached hydrogens (tertiary/aromatic N) is 1. The third kappa shape index (κ3) is 7.21. The Hall–Kier alpha value is -2.27. The van der Waals surface area contributed by atoms with Crippen molar-refractivity contribution in [2.75, 3.05) is 5.75 Å². The van der Waals surface area contributed by atoms with Gasteiger partial charge in [-0.2, -0.15) is 0 Å². The number of rotatable bonds is 10. The Bertz CT molecular complexity index is 835. The van der Waals surface area contributed by atoms with Gasteiger partial charge in [-0.15, -0.1) is 11.8 Å². The van der Waals surface area contributed by atoms with Crippen LogP contribution in [0.2, 0.25) is 0 Å². The van der Waals surface area contributed by atoms with E-state index in [1.54, 1.807) is 16.7 Å². The summed E-state index contributed by atoms with van der Waals surface area (Å²) in [6.07, 6.45) is 0.858. The van der Waals surface area contributed by atoms with Crippen molar-refractivity contribution in [1.82, 2.24) is 10.2 Å². The lowest BCUT2D eigenvalue weighted by molar-refractivity contribution is -0.138. The summed E-state index contributed by atoms with van der Waals surface area (Å²) >= 11 is 1.59. The molecule has 0 aliphatic carbocycles. The normalized spacial score (nSPS) is 12.8. The van der Waals surface area contributed by atoms with E-state index in [2.05, 4.69) is 24.4 Å². The zero-order valence-corrected chi connectivity index (χ0v) is 19.6. The van der Waals surface area contributed by atoms with Crippen LogP contribution in [0.15, 0.2) is 48.5 Å². The molecule has 4 nitrogen and oxygen atoms in total. The van der Waals surface area contributed by atoms with Gasteiger partial charge in [0, 0.05) is 18.3 Å². The molecule has 2 aromatic carbocycles. The van der Waals surface area contributed by atoms with Crippen LogP contribution < -0.4 is 5.32 Å². The van der Waals surface area contributed by atoms with E-state index in [1.807, 2.05) is 64.1 Å². The number of hydrogen-bond donors (Lipinski definition) is 1.